The van der Waals surface area contributed by atoms with E-state index in [4.69, 9.17) is 4.98 Å². The van der Waals surface area contributed by atoms with Gasteiger partial charge in [-0.3, -0.25) is 9.69 Å². The van der Waals surface area contributed by atoms with Crippen LogP contribution in [0.3, 0.4) is 0 Å². The Bertz CT molecular complexity index is 689. The highest BCUT2D eigenvalue weighted by molar-refractivity contribution is 5.93. The maximum Gasteiger partial charge on any atom is 0.224 e. The first kappa shape index (κ1) is 15.0. The number of likely N-dealkylation sites (N-methyl/N-ethyl adjacent to an activating group) is 1. The van der Waals surface area contributed by atoms with Crippen LogP contribution < -0.4 is 5.32 Å². The Labute approximate surface area is 131 Å². The van der Waals surface area contributed by atoms with Crippen molar-refractivity contribution in [1.29, 1.82) is 0 Å². The van der Waals surface area contributed by atoms with Crippen molar-refractivity contribution in [3.05, 3.63) is 24.0 Å². The van der Waals surface area contributed by atoms with E-state index in [0.29, 0.717) is 12.3 Å². The van der Waals surface area contributed by atoms with Crippen LogP contribution in [0.5, 0.6) is 0 Å². The fourth-order valence-corrected chi connectivity index (χ4v) is 3.00. The minimum atomic E-state index is 0.0653. The van der Waals surface area contributed by atoms with E-state index in [1.807, 2.05) is 26.0 Å². The average molecular weight is 300 g/mol. The molecular formula is C17H24N4O. The monoisotopic (exact) mass is 300 g/mol. The lowest BCUT2D eigenvalue weighted by atomic mass is 10.1. The molecule has 1 N–H and O–H groups in total. The van der Waals surface area contributed by atoms with Crippen molar-refractivity contribution in [3.8, 4) is 0 Å². The molecule has 0 bridgehead atoms. The number of fused-ring (bicyclic) bond motifs is 3. The summed E-state index contributed by atoms with van der Waals surface area (Å²) >= 11 is 0. The van der Waals surface area contributed by atoms with E-state index >= 15 is 0 Å². The van der Waals surface area contributed by atoms with Crippen LogP contribution in [0.15, 0.2) is 18.2 Å². The van der Waals surface area contributed by atoms with Gasteiger partial charge in [0.1, 0.15) is 5.82 Å². The molecule has 118 valence electrons. The Morgan fingerprint density at radius 2 is 2.18 bits per heavy atom. The standard InChI is InChI=1S/C17H24N4O/c1-4-20-7-8-21-15-6-5-13(18-17(22)9-12(2)3)10-14(15)19-16(21)11-20/h5-6,10,12H,4,7-9,11H2,1-3H3,(H,18,22). The molecule has 1 aromatic heterocycles. The van der Waals surface area contributed by atoms with Crippen LogP contribution in [-0.2, 0) is 17.9 Å². The summed E-state index contributed by atoms with van der Waals surface area (Å²) in [6, 6.07) is 6.02. The van der Waals surface area contributed by atoms with Gasteiger partial charge in [0.15, 0.2) is 0 Å². The smallest absolute Gasteiger partial charge is 0.224 e. The zero-order valence-electron chi connectivity index (χ0n) is 13.6. The van der Waals surface area contributed by atoms with E-state index in [0.717, 1.165) is 48.7 Å². The van der Waals surface area contributed by atoms with Crippen molar-refractivity contribution in [3.63, 3.8) is 0 Å². The average Bonchev–Trinajstić information content (AvgIpc) is 2.82. The van der Waals surface area contributed by atoms with Gasteiger partial charge in [-0.05, 0) is 30.7 Å². The fraction of sp³-hybridized carbons (Fsp3) is 0.529. The number of rotatable bonds is 4. The molecule has 0 spiro atoms. The predicted octanol–water partition coefficient (Wildman–Crippen LogP) is 2.86. The van der Waals surface area contributed by atoms with E-state index in [1.165, 1.54) is 0 Å². The van der Waals surface area contributed by atoms with Crippen LogP contribution in [0.2, 0.25) is 0 Å². The van der Waals surface area contributed by atoms with Gasteiger partial charge in [-0.25, -0.2) is 4.98 Å². The van der Waals surface area contributed by atoms with Gasteiger partial charge in [-0.15, -0.1) is 0 Å². The topological polar surface area (TPSA) is 50.2 Å². The first-order valence-electron chi connectivity index (χ1n) is 8.08. The minimum absolute atomic E-state index is 0.0653. The molecule has 2 heterocycles. The molecule has 0 aliphatic carbocycles. The third kappa shape index (κ3) is 2.99. The molecule has 1 amide bonds. The molecule has 1 aliphatic rings. The van der Waals surface area contributed by atoms with Crippen LogP contribution >= 0.6 is 0 Å². The number of benzene rings is 1. The fourth-order valence-electron chi connectivity index (χ4n) is 3.00. The van der Waals surface area contributed by atoms with E-state index in [-0.39, 0.29) is 5.91 Å². The maximum atomic E-state index is 11.9. The molecule has 5 nitrogen and oxygen atoms in total. The van der Waals surface area contributed by atoms with Crippen LogP contribution in [0, 0.1) is 5.92 Å². The molecule has 0 saturated heterocycles. The Hall–Kier alpha value is -1.88. The van der Waals surface area contributed by atoms with Crippen molar-refractivity contribution in [2.75, 3.05) is 18.4 Å². The van der Waals surface area contributed by atoms with E-state index in [9.17, 15) is 4.79 Å². The van der Waals surface area contributed by atoms with Gasteiger partial charge in [0, 0.05) is 25.2 Å². The SMILES string of the molecule is CCN1CCn2c(nc3cc(NC(=O)CC(C)C)ccc32)C1. The Morgan fingerprint density at radius 3 is 2.91 bits per heavy atom. The van der Waals surface area contributed by atoms with Crippen molar-refractivity contribution in [1.82, 2.24) is 14.5 Å². The van der Waals surface area contributed by atoms with E-state index < -0.39 is 0 Å². The molecule has 1 aromatic carbocycles. The van der Waals surface area contributed by atoms with Crippen LogP contribution in [0.4, 0.5) is 5.69 Å². The van der Waals surface area contributed by atoms with Crippen molar-refractivity contribution in [2.24, 2.45) is 5.92 Å². The van der Waals surface area contributed by atoms with Gasteiger partial charge >= 0.3 is 0 Å². The zero-order chi connectivity index (χ0) is 15.7. The lowest BCUT2D eigenvalue weighted by Crippen LogP contribution is -2.33. The highest BCUT2D eigenvalue weighted by Crippen LogP contribution is 2.23. The maximum absolute atomic E-state index is 11.9. The minimum Gasteiger partial charge on any atom is -0.326 e. The molecule has 2 aromatic rings. The lowest BCUT2D eigenvalue weighted by Gasteiger charge is -2.26. The molecule has 22 heavy (non-hydrogen) atoms. The summed E-state index contributed by atoms with van der Waals surface area (Å²) in [6.45, 7) is 10.3. The summed E-state index contributed by atoms with van der Waals surface area (Å²) < 4.78 is 2.29. The normalized spacial score (nSPS) is 15.3. The number of anilines is 1. The molecule has 0 unspecified atom stereocenters. The molecule has 0 radical (unpaired) electrons. The number of hydrogen-bond acceptors (Lipinski definition) is 3. The van der Waals surface area contributed by atoms with Crippen LogP contribution in [0.1, 0.15) is 33.0 Å². The van der Waals surface area contributed by atoms with Crippen LogP contribution in [0.25, 0.3) is 11.0 Å². The third-order valence-corrected chi connectivity index (χ3v) is 4.16. The highest BCUT2D eigenvalue weighted by Gasteiger charge is 2.19. The zero-order valence-corrected chi connectivity index (χ0v) is 13.6. The number of amides is 1. The molecule has 1 aliphatic heterocycles. The Morgan fingerprint density at radius 1 is 1.36 bits per heavy atom. The number of carbonyl (C=O) groups excluding carboxylic acids is 1. The predicted molar refractivity (Wildman–Crippen MR) is 88.8 cm³/mol. The highest BCUT2D eigenvalue weighted by atomic mass is 16.1. The summed E-state index contributed by atoms with van der Waals surface area (Å²) in [5, 5.41) is 2.97. The molecule has 0 fully saturated rings. The summed E-state index contributed by atoms with van der Waals surface area (Å²) in [7, 11) is 0. The molecule has 0 atom stereocenters. The van der Waals surface area contributed by atoms with Gasteiger partial charge in [0.2, 0.25) is 5.91 Å². The van der Waals surface area contributed by atoms with Crippen molar-refractivity contribution < 1.29 is 4.79 Å². The van der Waals surface area contributed by atoms with Gasteiger partial charge in [0.05, 0.1) is 17.6 Å². The van der Waals surface area contributed by atoms with Gasteiger partial charge in [0.25, 0.3) is 0 Å². The number of nitrogens with one attached hydrogen (secondary N) is 1. The second-order valence-corrected chi connectivity index (χ2v) is 6.40. The summed E-state index contributed by atoms with van der Waals surface area (Å²) in [4.78, 5) is 19.0. The number of aromatic nitrogens is 2. The van der Waals surface area contributed by atoms with E-state index in [1.54, 1.807) is 0 Å². The first-order chi connectivity index (χ1) is 10.6. The number of carbonyl (C=O) groups is 1. The second-order valence-electron chi connectivity index (χ2n) is 6.40. The summed E-state index contributed by atoms with van der Waals surface area (Å²) in [6.07, 6.45) is 0.545. The molecular weight excluding hydrogens is 276 g/mol. The molecule has 0 saturated carbocycles. The Kier molecular flexibility index (Phi) is 4.16. The van der Waals surface area contributed by atoms with Gasteiger partial charge in [-0.2, -0.15) is 0 Å². The number of nitrogens with zero attached hydrogens (tertiary/aromatic N) is 3. The van der Waals surface area contributed by atoms with E-state index in [2.05, 4.69) is 27.8 Å². The first-order valence-corrected chi connectivity index (χ1v) is 8.08. The third-order valence-electron chi connectivity index (χ3n) is 4.16. The Balaban J connectivity index is 1.84. The van der Waals surface area contributed by atoms with Gasteiger partial charge in [-0.1, -0.05) is 20.8 Å². The summed E-state index contributed by atoms with van der Waals surface area (Å²) in [5.74, 6) is 1.55. The molecule has 5 heteroatoms. The van der Waals surface area contributed by atoms with Gasteiger partial charge < -0.3 is 9.88 Å². The van der Waals surface area contributed by atoms with Crippen LogP contribution in [-0.4, -0.2) is 33.4 Å². The largest absolute Gasteiger partial charge is 0.326 e. The van der Waals surface area contributed by atoms with Crippen molar-refractivity contribution in [2.45, 2.75) is 40.3 Å². The van der Waals surface area contributed by atoms with Crippen molar-refractivity contribution >= 4 is 22.6 Å². The quantitative estimate of drug-likeness (QED) is 0.944. The second kappa shape index (κ2) is 6.08. The summed E-state index contributed by atoms with van der Waals surface area (Å²) in [5.41, 5.74) is 2.96. The molecule has 3 rings (SSSR count). The number of imidazole rings is 1. The number of hydrogen-bond donors (Lipinski definition) is 1. The lowest BCUT2D eigenvalue weighted by molar-refractivity contribution is -0.116.